The first kappa shape index (κ1) is 14.7. The topological polar surface area (TPSA) is 33.7 Å². The lowest BCUT2D eigenvalue weighted by molar-refractivity contribution is 0.101. The Hall–Kier alpha value is -1.26. The molecule has 116 valence electrons. The van der Waals surface area contributed by atoms with E-state index in [1.807, 2.05) is 0 Å². The monoisotopic (exact) mass is 290 g/mol. The van der Waals surface area contributed by atoms with Crippen LogP contribution in [0.25, 0.3) is 0 Å². The fourth-order valence-corrected chi connectivity index (χ4v) is 3.37. The zero-order chi connectivity index (χ0) is 14.7. The predicted octanol–water partition coefficient (Wildman–Crippen LogP) is 2.25. The molecule has 4 nitrogen and oxygen atoms in total. The van der Waals surface area contributed by atoms with Gasteiger partial charge in [0.05, 0.1) is 7.11 Å². The highest BCUT2D eigenvalue weighted by Crippen LogP contribution is 2.34. The van der Waals surface area contributed by atoms with Gasteiger partial charge in [-0.25, -0.2) is 0 Å². The summed E-state index contributed by atoms with van der Waals surface area (Å²) in [7, 11) is 3.88. The van der Waals surface area contributed by atoms with Crippen LogP contribution in [0.15, 0.2) is 18.2 Å². The van der Waals surface area contributed by atoms with Gasteiger partial charge < -0.3 is 19.7 Å². The average molecular weight is 290 g/mol. The molecule has 0 bridgehead atoms. The molecule has 0 saturated carbocycles. The Balaban J connectivity index is 1.72. The van der Waals surface area contributed by atoms with Gasteiger partial charge in [0.25, 0.3) is 0 Å². The van der Waals surface area contributed by atoms with Crippen LogP contribution in [0.3, 0.4) is 0 Å². The average Bonchev–Trinajstić information content (AvgIpc) is 3.02. The van der Waals surface area contributed by atoms with Gasteiger partial charge in [-0.05, 0) is 63.0 Å². The third kappa shape index (κ3) is 3.50. The Kier molecular flexibility index (Phi) is 4.66. The van der Waals surface area contributed by atoms with Crippen LogP contribution in [0.2, 0.25) is 0 Å². The summed E-state index contributed by atoms with van der Waals surface area (Å²) in [5, 5.41) is 3.42. The summed E-state index contributed by atoms with van der Waals surface area (Å²) in [6, 6.07) is 6.43. The summed E-state index contributed by atoms with van der Waals surface area (Å²) < 4.78 is 11.7. The number of nitrogens with zero attached hydrogens (tertiary/aromatic N) is 1. The van der Waals surface area contributed by atoms with Crippen LogP contribution in [0, 0.1) is 0 Å². The molecule has 2 aliphatic heterocycles. The molecule has 2 fully saturated rings. The zero-order valence-corrected chi connectivity index (χ0v) is 13.1. The van der Waals surface area contributed by atoms with E-state index in [1.165, 1.54) is 24.9 Å². The highest BCUT2D eigenvalue weighted by atomic mass is 16.5. The second-order valence-electron chi connectivity index (χ2n) is 6.24. The van der Waals surface area contributed by atoms with E-state index in [4.69, 9.17) is 9.47 Å². The lowest BCUT2D eigenvalue weighted by Crippen LogP contribution is -2.38. The van der Waals surface area contributed by atoms with Crippen LogP contribution in [0.1, 0.15) is 30.7 Å². The molecule has 2 unspecified atom stereocenters. The second-order valence-corrected chi connectivity index (χ2v) is 6.24. The number of likely N-dealkylation sites (tertiary alicyclic amines) is 1. The van der Waals surface area contributed by atoms with Crippen molar-refractivity contribution in [1.82, 2.24) is 10.2 Å². The lowest BCUT2D eigenvalue weighted by Gasteiger charge is -2.30. The Morgan fingerprint density at radius 2 is 2.14 bits per heavy atom. The first-order valence-corrected chi connectivity index (χ1v) is 8.00. The number of methoxy groups -OCH3 is 1. The van der Waals surface area contributed by atoms with Crippen molar-refractivity contribution in [2.75, 3.05) is 40.3 Å². The van der Waals surface area contributed by atoms with E-state index in [9.17, 15) is 0 Å². The van der Waals surface area contributed by atoms with Crippen LogP contribution in [-0.2, 0) is 0 Å². The van der Waals surface area contributed by atoms with Gasteiger partial charge in [0, 0.05) is 13.1 Å². The molecular weight excluding hydrogens is 264 g/mol. The molecule has 0 radical (unpaired) electrons. The summed E-state index contributed by atoms with van der Waals surface area (Å²) in [5.74, 6) is 2.36. The van der Waals surface area contributed by atoms with Gasteiger partial charge in [-0.1, -0.05) is 6.07 Å². The highest BCUT2D eigenvalue weighted by Gasteiger charge is 2.22. The summed E-state index contributed by atoms with van der Waals surface area (Å²) in [5.41, 5.74) is 1.35. The van der Waals surface area contributed by atoms with Gasteiger partial charge in [0.2, 0.25) is 0 Å². The first-order chi connectivity index (χ1) is 10.3. The molecule has 0 amide bonds. The first-order valence-electron chi connectivity index (χ1n) is 8.00. The van der Waals surface area contributed by atoms with Crippen LogP contribution < -0.4 is 14.8 Å². The zero-order valence-electron chi connectivity index (χ0n) is 13.1. The number of piperidine rings is 1. The molecule has 2 atom stereocenters. The summed E-state index contributed by atoms with van der Waals surface area (Å²) in [6.45, 7) is 4.35. The maximum Gasteiger partial charge on any atom is 0.161 e. The predicted molar refractivity (Wildman–Crippen MR) is 84.4 cm³/mol. The Bertz CT molecular complexity index is 472. The van der Waals surface area contributed by atoms with Gasteiger partial charge in [-0.15, -0.1) is 0 Å². The SMILES string of the molecule is COc1cc(C2CCNC2)ccc1OC1CCCN(C)C1. The van der Waals surface area contributed by atoms with E-state index in [2.05, 4.69) is 35.5 Å². The molecule has 4 heteroatoms. The largest absolute Gasteiger partial charge is 0.493 e. The Morgan fingerprint density at radius 3 is 2.86 bits per heavy atom. The Labute approximate surface area is 127 Å². The minimum atomic E-state index is 0.275. The van der Waals surface area contributed by atoms with Gasteiger partial charge in [-0.2, -0.15) is 0 Å². The van der Waals surface area contributed by atoms with E-state index < -0.39 is 0 Å². The van der Waals surface area contributed by atoms with Gasteiger partial charge in [0.15, 0.2) is 11.5 Å². The molecule has 3 rings (SSSR count). The molecule has 1 aromatic rings. The quantitative estimate of drug-likeness (QED) is 0.922. The number of rotatable bonds is 4. The molecule has 1 N–H and O–H groups in total. The van der Waals surface area contributed by atoms with Crippen molar-refractivity contribution in [3.63, 3.8) is 0 Å². The van der Waals surface area contributed by atoms with Gasteiger partial charge >= 0.3 is 0 Å². The molecule has 21 heavy (non-hydrogen) atoms. The normalized spacial score (nSPS) is 26.8. The second kappa shape index (κ2) is 6.67. The summed E-state index contributed by atoms with van der Waals surface area (Å²) in [4.78, 5) is 2.33. The summed E-state index contributed by atoms with van der Waals surface area (Å²) in [6.07, 6.45) is 3.81. The van der Waals surface area contributed by atoms with Crippen LogP contribution in [-0.4, -0.2) is 51.3 Å². The maximum atomic E-state index is 6.18. The fourth-order valence-electron chi connectivity index (χ4n) is 3.37. The molecule has 2 aliphatic rings. The van der Waals surface area contributed by atoms with Crippen molar-refractivity contribution in [3.8, 4) is 11.5 Å². The maximum absolute atomic E-state index is 6.18. The van der Waals surface area contributed by atoms with Crippen LogP contribution >= 0.6 is 0 Å². The van der Waals surface area contributed by atoms with Crippen molar-refractivity contribution < 1.29 is 9.47 Å². The van der Waals surface area contributed by atoms with Crippen molar-refractivity contribution in [2.45, 2.75) is 31.3 Å². The molecule has 2 heterocycles. The van der Waals surface area contributed by atoms with Crippen molar-refractivity contribution >= 4 is 0 Å². The molecular formula is C17H26N2O2. The third-order valence-electron chi connectivity index (χ3n) is 4.59. The van der Waals surface area contributed by atoms with E-state index >= 15 is 0 Å². The standard InChI is InChI=1S/C17H26N2O2/c1-19-9-3-4-15(12-19)21-16-6-5-13(10-17(16)20-2)14-7-8-18-11-14/h5-6,10,14-15,18H,3-4,7-9,11-12H2,1-2H3. The molecule has 0 spiro atoms. The third-order valence-corrected chi connectivity index (χ3v) is 4.59. The van der Waals surface area contributed by atoms with Crippen molar-refractivity contribution in [3.05, 3.63) is 23.8 Å². The number of likely N-dealkylation sites (N-methyl/N-ethyl adjacent to an activating group) is 1. The highest BCUT2D eigenvalue weighted by molar-refractivity contribution is 5.44. The number of hydrogen-bond donors (Lipinski definition) is 1. The van der Waals surface area contributed by atoms with E-state index in [0.29, 0.717) is 5.92 Å². The van der Waals surface area contributed by atoms with Crippen LogP contribution in [0.5, 0.6) is 11.5 Å². The fraction of sp³-hybridized carbons (Fsp3) is 0.647. The summed E-state index contributed by atoms with van der Waals surface area (Å²) >= 11 is 0. The van der Waals surface area contributed by atoms with Crippen molar-refractivity contribution in [2.24, 2.45) is 0 Å². The lowest BCUT2D eigenvalue weighted by atomic mass is 9.98. The smallest absolute Gasteiger partial charge is 0.161 e. The molecule has 0 aromatic heterocycles. The van der Waals surface area contributed by atoms with Crippen LogP contribution in [0.4, 0.5) is 0 Å². The van der Waals surface area contributed by atoms with Gasteiger partial charge in [-0.3, -0.25) is 0 Å². The Morgan fingerprint density at radius 1 is 1.24 bits per heavy atom. The van der Waals surface area contributed by atoms with Gasteiger partial charge in [0.1, 0.15) is 6.10 Å². The number of hydrogen-bond acceptors (Lipinski definition) is 4. The van der Waals surface area contributed by atoms with E-state index in [1.54, 1.807) is 7.11 Å². The minimum absolute atomic E-state index is 0.275. The minimum Gasteiger partial charge on any atom is -0.493 e. The van der Waals surface area contributed by atoms with E-state index in [0.717, 1.165) is 37.6 Å². The molecule has 0 aliphatic carbocycles. The van der Waals surface area contributed by atoms with E-state index in [-0.39, 0.29) is 6.10 Å². The molecule has 1 aromatic carbocycles. The molecule has 2 saturated heterocycles. The van der Waals surface area contributed by atoms with Crippen molar-refractivity contribution in [1.29, 1.82) is 0 Å². The number of nitrogens with one attached hydrogen (secondary N) is 1. The number of ether oxygens (including phenoxy) is 2. The number of benzene rings is 1.